The summed E-state index contributed by atoms with van der Waals surface area (Å²) in [5.74, 6) is 0.142. The highest BCUT2D eigenvalue weighted by Gasteiger charge is 2.41. The van der Waals surface area contributed by atoms with E-state index in [9.17, 15) is 14.7 Å². The first-order valence-corrected chi connectivity index (χ1v) is 10.9. The van der Waals surface area contributed by atoms with E-state index in [1.807, 2.05) is 55.5 Å². The Morgan fingerprint density at radius 3 is 2.48 bits per heavy atom. The number of anilines is 1. The van der Waals surface area contributed by atoms with Crippen LogP contribution in [0, 0.1) is 6.92 Å². The van der Waals surface area contributed by atoms with Crippen LogP contribution in [0.4, 0.5) is 10.6 Å². The fourth-order valence-electron chi connectivity index (χ4n) is 4.02. The number of nitrogens with one attached hydrogen (secondary N) is 1. The van der Waals surface area contributed by atoms with Crippen LogP contribution in [-0.4, -0.2) is 56.3 Å². The molecule has 0 unspecified atom stereocenters. The smallest absolute Gasteiger partial charge is 0.411 e. The molecule has 0 aliphatic carbocycles. The predicted molar refractivity (Wildman–Crippen MR) is 126 cm³/mol. The molecule has 1 fully saturated rings. The summed E-state index contributed by atoms with van der Waals surface area (Å²) >= 11 is 0. The zero-order valence-corrected chi connectivity index (χ0v) is 19.2. The number of amides is 1. The minimum atomic E-state index is -1.06. The Hall–Kier alpha value is -3.68. The maximum atomic E-state index is 12.6. The van der Waals surface area contributed by atoms with Crippen LogP contribution >= 0.6 is 0 Å². The van der Waals surface area contributed by atoms with E-state index in [4.69, 9.17) is 14.7 Å². The highest BCUT2D eigenvalue weighted by Crippen LogP contribution is 2.29. The summed E-state index contributed by atoms with van der Waals surface area (Å²) in [7, 11) is 0. The highest BCUT2D eigenvalue weighted by atomic mass is 16.6. The van der Waals surface area contributed by atoms with Crippen molar-refractivity contribution in [3.8, 4) is 11.4 Å². The van der Waals surface area contributed by atoms with Crippen LogP contribution in [0.15, 0.2) is 48.5 Å². The number of aryl methyl sites for hydroxylation is 1. The summed E-state index contributed by atoms with van der Waals surface area (Å²) in [6.45, 7) is 7.48. The number of rotatable bonds is 4. The second-order valence-corrected chi connectivity index (χ2v) is 9.29. The zero-order chi connectivity index (χ0) is 23.8. The van der Waals surface area contributed by atoms with Gasteiger partial charge in [0, 0.05) is 30.0 Å². The molecule has 1 aromatic heterocycles. The average molecular weight is 449 g/mol. The van der Waals surface area contributed by atoms with E-state index < -0.39 is 23.7 Å². The number of nitrogens with zero attached hydrogens (tertiary/aromatic N) is 3. The molecule has 1 aliphatic heterocycles. The third-order valence-corrected chi connectivity index (χ3v) is 5.54. The van der Waals surface area contributed by atoms with Crippen molar-refractivity contribution in [3.63, 3.8) is 0 Å². The molecule has 1 saturated heterocycles. The van der Waals surface area contributed by atoms with Crippen molar-refractivity contribution < 1.29 is 19.4 Å². The average Bonchev–Trinajstić information content (AvgIpc) is 3.17. The molecule has 2 atom stereocenters. The summed E-state index contributed by atoms with van der Waals surface area (Å²) in [5.41, 5.74) is 2.06. The molecular formula is C25H28N4O4. The number of likely N-dealkylation sites (tertiary alicyclic amines) is 1. The number of carboxylic acids is 1. The molecule has 0 radical (unpaired) electrons. The number of carboxylic acid groups (broad SMARTS) is 1. The van der Waals surface area contributed by atoms with Gasteiger partial charge in [-0.15, -0.1) is 0 Å². The van der Waals surface area contributed by atoms with Gasteiger partial charge in [0.1, 0.15) is 17.5 Å². The number of fused-ring (bicyclic) bond motifs is 1. The topological polar surface area (TPSA) is 105 Å². The molecule has 8 nitrogen and oxygen atoms in total. The Balaban J connectivity index is 1.66. The second kappa shape index (κ2) is 8.69. The van der Waals surface area contributed by atoms with Crippen LogP contribution in [0.25, 0.3) is 22.3 Å². The van der Waals surface area contributed by atoms with E-state index in [0.717, 1.165) is 22.0 Å². The number of benzene rings is 2. The zero-order valence-electron chi connectivity index (χ0n) is 19.2. The first-order chi connectivity index (χ1) is 15.6. The minimum absolute atomic E-state index is 0.198. The van der Waals surface area contributed by atoms with Crippen molar-refractivity contribution in [1.82, 2.24) is 14.9 Å². The third-order valence-electron chi connectivity index (χ3n) is 5.54. The number of carbonyl (C=O) groups is 2. The van der Waals surface area contributed by atoms with E-state index in [1.54, 1.807) is 20.8 Å². The molecule has 2 aromatic carbocycles. The molecule has 3 aromatic rings. The lowest BCUT2D eigenvalue weighted by Crippen LogP contribution is -2.43. The fraction of sp³-hybridized carbons (Fsp3) is 0.360. The molecule has 2 N–H and O–H groups in total. The van der Waals surface area contributed by atoms with E-state index in [2.05, 4.69) is 5.32 Å². The maximum absolute atomic E-state index is 12.6. The molecule has 1 amide bonds. The standard InChI is InChI=1S/C25H28N4O4/c1-15-9-5-6-10-17(15)21-27-19-12-8-7-11-18(19)22(28-21)26-16-13-20(23(30)31)29(14-16)24(32)33-25(2,3)4/h5-12,16,20H,13-14H2,1-4H3,(H,30,31)(H,26,27,28)/t16-,20+/m0/s1. The lowest BCUT2D eigenvalue weighted by Gasteiger charge is -2.26. The number of hydrogen-bond donors (Lipinski definition) is 2. The Kier molecular flexibility index (Phi) is 5.93. The van der Waals surface area contributed by atoms with Gasteiger partial charge in [0.05, 0.1) is 5.52 Å². The van der Waals surface area contributed by atoms with Crippen LogP contribution in [-0.2, 0) is 9.53 Å². The second-order valence-electron chi connectivity index (χ2n) is 9.29. The molecule has 172 valence electrons. The van der Waals surface area contributed by atoms with Crippen molar-refractivity contribution in [3.05, 3.63) is 54.1 Å². The van der Waals surface area contributed by atoms with Gasteiger partial charge in [-0.05, 0) is 45.4 Å². The highest BCUT2D eigenvalue weighted by molar-refractivity contribution is 5.91. The summed E-state index contributed by atoms with van der Waals surface area (Å²) in [5, 5.41) is 13.9. The number of aliphatic carboxylic acids is 1. The molecule has 0 bridgehead atoms. The van der Waals surface area contributed by atoms with Gasteiger partial charge in [-0.2, -0.15) is 0 Å². The molecule has 4 rings (SSSR count). The lowest BCUT2D eigenvalue weighted by atomic mass is 10.1. The Morgan fingerprint density at radius 2 is 1.79 bits per heavy atom. The molecule has 8 heteroatoms. The molecule has 2 heterocycles. The SMILES string of the molecule is Cc1ccccc1-c1nc(N[C@H]2C[C@H](C(=O)O)N(C(=O)OC(C)(C)C)C2)c2ccccc2n1. The number of aromatic nitrogens is 2. The summed E-state index contributed by atoms with van der Waals surface area (Å²) in [6, 6.07) is 14.3. The molecular weight excluding hydrogens is 420 g/mol. The number of carbonyl (C=O) groups excluding carboxylic acids is 1. The van der Waals surface area contributed by atoms with Gasteiger partial charge in [-0.25, -0.2) is 19.6 Å². The van der Waals surface area contributed by atoms with Gasteiger partial charge in [0.15, 0.2) is 5.82 Å². The van der Waals surface area contributed by atoms with E-state index in [-0.39, 0.29) is 19.0 Å². The predicted octanol–water partition coefficient (Wildman–Crippen LogP) is 4.48. The fourth-order valence-corrected chi connectivity index (χ4v) is 4.02. The minimum Gasteiger partial charge on any atom is -0.480 e. The van der Waals surface area contributed by atoms with Crippen molar-refractivity contribution in [2.75, 3.05) is 11.9 Å². The molecule has 1 aliphatic rings. The lowest BCUT2D eigenvalue weighted by molar-refractivity contribution is -0.142. The molecule has 0 saturated carbocycles. The van der Waals surface area contributed by atoms with Crippen LogP contribution < -0.4 is 5.32 Å². The van der Waals surface area contributed by atoms with E-state index >= 15 is 0 Å². The van der Waals surface area contributed by atoms with Crippen LogP contribution in [0.5, 0.6) is 0 Å². The third kappa shape index (κ3) is 4.89. The quantitative estimate of drug-likeness (QED) is 0.606. The van der Waals surface area contributed by atoms with Crippen LogP contribution in [0.1, 0.15) is 32.8 Å². The normalized spacial score (nSPS) is 18.4. The van der Waals surface area contributed by atoms with Gasteiger partial charge >= 0.3 is 12.1 Å². The monoisotopic (exact) mass is 448 g/mol. The number of hydrogen-bond acceptors (Lipinski definition) is 6. The van der Waals surface area contributed by atoms with Crippen LogP contribution in [0.2, 0.25) is 0 Å². The summed E-state index contributed by atoms with van der Waals surface area (Å²) in [6.07, 6.45) is -0.389. The number of para-hydroxylation sites is 1. The van der Waals surface area contributed by atoms with Crippen molar-refractivity contribution in [2.24, 2.45) is 0 Å². The van der Waals surface area contributed by atoms with Gasteiger partial charge in [-0.1, -0.05) is 36.4 Å². The largest absolute Gasteiger partial charge is 0.480 e. The van der Waals surface area contributed by atoms with Crippen molar-refractivity contribution >= 4 is 28.8 Å². The Bertz CT molecular complexity index is 1200. The van der Waals surface area contributed by atoms with Gasteiger partial charge in [-0.3, -0.25) is 4.90 Å². The maximum Gasteiger partial charge on any atom is 0.411 e. The molecule has 0 spiro atoms. The van der Waals surface area contributed by atoms with Crippen molar-refractivity contribution in [2.45, 2.75) is 51.8 Å². The Morgan fingerprint density at radius 1 is 1.09 bits per heavy atom. The van der Waals surface area contributed by atoms with Gasteiger partial charge in [0.25, 0.3) is 0 Å². The summed E-state index contributed by atoms with van der Waals surface area (Å²) in [4.78, 5) is 35.3. The van der Waals surface area contributed by atoms with E-state index in [1.165, 1.54) is 4.90 Å². The van der Waals surface area contributed by atoms with Gasteiger partial charge < -0.3 is 15.2 Å². The first-order valence-electron chi connectivity index (χ1n) is 10.9. The van der Waals surface area contributed by atoms with E-state index in [0.29, 0.717) is 11.6 Å². The molecule has 33 heavy (non-hydrogen) atoms. The number of ether oxygens (including phenoxy) is 1. The first kappa shape index (κ1) is 22.5. The van der Waals surface area contributed by atoms with Crippen LogP contribution in [0.3, 0.4) is 0 Å². The Labute approximate surface area is 192 Å². The van der Waals surface area contributed by atoms with Gasteiger partial charge in [0.2, 0.25) is 0 Å². The summed E-state index contributed by atoms with van der Waals surface area (Å²) < 4.78 is 5.43. The van der Waals surface area contributed by atoms with Crippen molar-refractivity contribution in [1.29, 1.82) is 0 Å².